The van der Waals surface area contributed by atoms with Gasteiger partial charge in [0.15, 0.2) is 0 Å². The molecule has 0 spiro atoms. The van der Waals surface area contributed by atoms with Crippen molar-refractivity contribution in [2.24, 2.45) is 0 Å². The zero-order valence-corrected chi connectivity index (χ0v) is 7.65. The molecule has 0 aliphatic heterocycles. The van der Waals surface area contributed by atoms with Gasteiger partial charge in [0.2, 0.25) is 0 Å². The Hall–Kier alpha value is -0.800. The van der Waals surface area contributed by atoms with E-state index in [-0.39, 0.29) is 5.75 Å². The Balaban J connectivity index is 2.88. The van der Waals surface area contributed by atoms with Crippen molar-refractivity contribution in [3.63, 3.8) is 0 Å². The third-order valence-corrected chi connectivity index (χ3v) is 2.13. The van der Waals surface area contributed by atoms with E-state index in [9.17, 15) is 5.11 Å². The van der Waals surface area contributed by atoms with Crippen molar-refractivity contribution in [1.29, 1.82) is 0 Å². The van der Waals surface area contributed by atoms with Crippen LogP contribution in [0.3, 0.4) is 0 Å². The van der Waals surface area contributed by atoms with Crippen molar-refractivity contribution in [3.05, 3.63) is 23.4 Å². The number of phenols is 1. The van der Waals surface area contributed by atoms with Crippen LogP contribution < -0.4 is 0 Å². The molecule has 2 nitrogen and oxygen atoms in total. The lowest BCUT2D eigenvalue weighted by Gasteiger charge is -1.95. The molecule has 0 saturated heterocycles. The second kappa shape index (κ2) is 2.61. The molecule has 0 amide bonds. The number of nitrogens with one attached hydrogen (secondary N) is 1. The van der Waals surface area contributed by atoms with E-state index < -0.39 is 0 Å². The molecule has 0 atom stereocenters. The molecule has 1 heterocycles. The minimum atomic E-state index is 0.195. The Kier molecular flexibility index (Phi) is 1.70. The van der Waals surface area contributed by atoms with Crippen LogP contribution in [0, 0.1) is 0 Å². The van der Waals surface area contributed by atoms with Crippen LogP contribution in [0.25, 0.3) is 10.9 Å². The first-order chi connectivity index (χ1) is 5.66. The highest BCUT2D eigenvalue weighted by atomic mass is 35.5. The Morgan fingerprint density at radius 2 is 2.08 bits per heavy atom. The molecule has 1 aromatic carbocycles. The minimum Gasteiger partial charge on any atom is -0.507 e. The molecular formula is C8H6ClNOS. The molecule has 1 aromatic heterocycles. The van der Waals surface area contributed by atoms with Gasteiger partial charge in [-0.1, -0.05) is 11.6 Å². The highest BCUT2D eigenvalue weighted by Crippen LogP contribution is 2.29. The summed E-state index contributed by atoms with van der Waals surface area (Å²) in [6.45, 7) is 0. The van der Waals surface area contributed by atoms with Gasteiger partial charge in [0, 0.05) is 10.3 Å². The lowest BCUT2D eigenvalue weighted by molar-refractivity contribution is 0.480. The summed E-state index contributed by atoms with van der Waals surface area (Å²) in [5.41, 5.74) is 0.796. The molecule has 62 valence electrons. The van der Waals surface area contributed by atoms with Gasteiger partial charge >= 0.3 is 0 Å². The molecule has 0 bridgehead atoms. The van der Waals surface area contributed by atoms with Crippen molar-refractivity contribution in [2.75, 3.05) is 0 Å². The van der Waals surface area contributed by atoms with Crippen LogP contribution in [0.15, 0.2) is 23.1 Å². The predicted molar refractivity (Wildman–Crippen MR) is 52.2 cm³/mol. The summed E-state index contributed by atoms with van der Waals surface area (Å²) in [6, 6.07) is 5.07. The third-order valence-electron chi connectivity index (χ3n) is 1.67. The monoisotopic (exact) mass is 199 g/mol. The maximum atomic E-state index is 9.44. The number of thiol groups is 1. The lowest BCUT2D eigenvalue weighted by Crippen LogP contribution is -1.70. The number of hydrogen-bond donors (Lipinski definition) is 3. The molecule has 0 aliphatic rings. The Morgan fingerprint density at radius 1 is 1.33 bits per heavy atom. The number of H-pyrrole nitrogens is 1. The van der Waals surface area contributed by atoms with Gasteiger partial charge in [0.1, 0.15) is 10.9 Å². The average molecular weight is 200 g/mol. The first-order valence-electron chi connectivity index (χ1n) is 3.37. The maximum Gasteiger partial charge on any atom is 0.126 e. The molecule has 0 unspecified atom stereocenters. The zero-order chi connectivity index (χ0) is 8.72. The summed E-state index contributed by atoms with van der Waals surface area (Å²) in [5.74, 6) is 0.195. The molecule has 0 fully saturated rings. The summed E-state index contributed by atoms with van der Waals surface area (Å²) in [7, 11) is 0. The molecular weight excluding hydrogens is 194 g/mol. The van der Waals surface area contributed by atoms with Crippen LogP contribution in [0.2, 0.25) is 5.15 Å². The molecule has 2 rings (SSSR count). The molecule has 0 aliphatic carbocycles. The second-order valence-electron chi connectivity index (χ2n) is 2.54. The van der Waals surface area contributed by atoms with Crippen molar-refractivity contribution in [3.8, 4) is 5.75 Å². The summed E-state index contributed by atoms with van der Waals surface area (Å²) >= 11 is 9.83. The van der Waals surface area contributed by atoms with E-state index >= 15 is 0 Å². The maximum absolute atomic E-state index is 9.44. The molecule has 4 heteroatoms. The van der Waals surface area contributed by atoms with Gasteiger partial charge in [-0.15, -0.1) is 12.6 Å². The number of aromatic nitrogens is 1. The highest BCUT2D eigenvalue weighted by molar-refractivity contribution is 7.80. The van der Waals surface area contributed by atoms with Crippen LogP contribution in [0.4, 0.5) is 0 Å². The number of phenolic OH excluding ortho intramolecular Hbond substituents is 1. The van der Waals surface area contributed by atoms with E-state index in [0.717, 1.165) is 10.9 Å². The van der Waals surface area contributed by atoms with Crippen molar-refractivity contribution < 1.29 is 5.11 Å². The molecule has 0 radical (unpaired) electrons. The Morgan fingerprint density at radius 3 is 2.83 bits per heavy atom. The van der Waals surface area contributed by atoms with Crippen molar-refractivity contribution >= 4 is 35.1 Å². The fourth-order valence-corrected chi connectivity index (χ4v) is 1.63. The standard InChI is InChI=1S/C8H6ClNOS/c9-8-3-5-6(10-8)1-4(12)2-7(5)11/h1-3,10-12H. The smallest absolute Gasteiger partial charge is 0.126 e. The van der Waals surface area contributed by atoms with E-state index in [1.165, 1.54) is 0 Å². The lowest BCUT2D eigenvalue weighted by atomic mass is 10.2. The van der Waals surface area contributed by atoms with E-state index in [1.54, 1.807) is 12.1 Å². The molecule has 0 saturated carbocycles. The van der Waals surface area contributed by atoms with Gasteiger partial charge in [-0.2, -0.15) is 0 Å². The van der Waals surface area contributed by atoms with Crippen LogP contribution >= 0.6 is 24.2 Å². The van der Waals surface area contributed by atoms with E-state index in [2.05, 4.69) is 17.6 Å². The number of halogens is 1. The number of hydrogen-bond acceptors (Lipinski definition) is 2. The van der Waals surface area contributed by atoms with Crippen molar-refractivity contribution in [1.82, 2.24) is 4.98 Å². The van der Waals surface area contributed by atoms with Gasteiger partial charge < -0.3 is 10.1 Å². The number of aromatic hydroxyl groups is 1. The topological polar surface area (TPSA) is 36.0 Å². The van der Waals surface area contributed by atoms with E-state index in [0.29, 0.717) is 10.0 Å². The second-order valence-corrected chi connectivity index (χ2v) is 3.47. The first kappa shape index (κ1) is 7.83. The quantitative estimate of drug-likeness (QED) is 0.561. The summed E-state index contributed by atoms with van der Waals surface area (Å²) in [4.78, 5) is 3.60. The first-order valence-corrected chi connectivity index (χ1v) is 4.19. The largest absolute Gasteiger partial charge is 0.507 e. The average Bonchev–Trinajstić information content (AvgIpc) is 2.29. The van der Waals surface area contributed by atoms with Gasteiger partial charge in [0.25, 0.3) is 0 Å². The number of fused-ring (bicyclic) bond motifs is 1. The minimum absolute atomic E-state index is 0.195. The van der Waals surface area contributed by atoms with Crippen LogP contribution in [0.1, 0.15) is 0 Å². The van der Waals surface area contributed by atoms with Crippen molar-refractivity contribution in [2.45, 2.75) is 4.90 Å². The van der Waals surface area contributed by atoms with Gasteiger partial charge in [-0.05, 0) is 18.2 Å². The SMILES string of the molecule is Oc1cc(S)cc2[nH]c(Cl)cc12. The van der Waals surface area contributed by atoms with Gasteiger partial charge in [-0.3, -0.25) is 0 Å². The van der Waals surface area contributed by atoms with Crippen LogP contribution in [-0.4, -0.2) is 10.1 Å². The zero-order valence-electron chi connectivity index (χ0n) is 6.00. The number of aromatic amines is 1. The van der Waals surface area contributed by atoms with Crippen LogP contribution in [0.5, 0.6) is 5.75 Å². The molecule has 12 heavy (non-hydrogen) atoms. The van der Waals surface area contributed by atoms with Gasteiger partial charge in [-0.25, -0.2) is 0 Å². The summed E-state index contributed by atoms with van der Waals surface area (Å²) in [5, 5.41) is 10.7. The Labute approximate surface area is 79.6 Å². The van der Waals surface area contributed by atoms with Crippen LogP contribution in [-0.2, 0) is 0 Å². The molecule has 2 N–H and O–H groups in total. The third kappa shape index (κ3) is 1.15. The van der Waals surface area contributed by atoms with Gasteiger partial charge in [0.05, 0.1) is 5.52 Å². The number of benzene rings is 1. The summed E-state index contributed by atoms with van der Waals surface area (Å²) in [6.07, 6.45) is 0. The van der Waals surface area contributed by atoms with E-state index in [1.807, 2.05) is 6.07 Å². The predicted octanol–water partition coefficient (Wildman–Crippen LogP) is 2.82. The molecule has 2 aromatic rings. The fraction of sp³-hybridized carbons (Fsp3) is 0. The fourth-order valence-electron chi connectivity index (χ4n) is 1.17. The Bertz CT molecular complexity index is 438. The van der Waals surface area contributed by atoms with E-state index in [4.69, 9.17) is 11.6 Å². The number of rotatable bonds is 0. The normalized spacial score (nSPS) is 10.8. The highest BCUT2D eigenvalue weighted by Gasteiger charge is 2.03. The summed E-state index contributed by atoms with van der Waals surface area (Å²) < 4.78 is 0.